The predicted octanol–water partition coefficient (Wildman–Crippen LogP) is 5.41. The molecular weight excluding hydrogens is 600 g/mol. The Kier molecular flexibility index (Phi) is 10.9. The van der Waals surface area contributed by atoms with Crippen molar-refractivity contribution in [1.82, 2.24) is 25.4 Å². The fourth-order valence-electron chi connectivity index (χ4n) is 7.02. The van der Waals surface area contributed by atoms with E-state index in [2.05, 4.69) is 63.5 Å². The summed E-state index contributed by atoms with van der Waals surface area (Å²) < 4.78 is 20.5. The maximum absolute atomic E-state index is 14.3. The van der Waals surface area contributed by atoms with E-state index in [1.165, 1.54) is 17.2 Å². The van der Waals surface area contributed by atoms with Gasteiger partial charge in [0.2, 0.25) is 5.88 Å². The van der Waals surface area contributed by atoms with Crippen LogP contribution in [0, 0.1) is 5.82 Å². The summed E-state index contributed by atoms with van der Waals surface area (Å²) in [5, 5.41) is 6.67. The Balaban J connectivity index is 1.24. The first kappa shape index (κ1) is 32.9. The highest BCUT2D eigenvalue weighted by atomic mass is 32.2. The molecule has 8 nitrogen and oxygen atoms in total. The molecule has 3 heterocycles. The van der Waals surface area contributed by atoms with Crippen LogP contribution in [0.1, 0.15) is 61.0 Å². The number of carbonyl (C=O) groups is 1. The van der Waals surface area contributed by atoms with Crippen LogP contribution < -0.4 is 21.1 Å². The van der Waals surface area contributed by atoms with E-state index in [0.29, 0.717) is 17.8 Å². The van der Waals surface area contributed by atoms with Crippen LogP contribution in [0.5, 0.6) is 11.6 Å². The Labute approximate surface area is 276 Å². The minimum absolute atomic E-state index is 0.00465. The number of nitrogens with two attached hydrogens (primary N) is 1. The van der Waals surface area contributed by atoms with Crippen LogP contribution in [-0.2, 0) is 13.1 Å². The van der Waals surface area contributed by atoms with E-state index in [4.69, 9.17) is 10.5 Å². The summed E-state index contributed by atoms with van der Waals surface area (Å²) in [5.74, 6) is 1.98. The van der Waals surface area contributed by atoms with E-state index in [1.54, 1.807) is 0 Å². The summed E-state index contributed by atoms with van der Waals surface area (Å²) in [5.41, 5.74) is 10.9. The predicted molar refractivity (Wildman–Crippen MR) is 184 cm³/mol. The molecular formula is C36H47FN6O2S. The first-order chi connectivity index (χ1) is 22.3. The summed E-state index contributed by atoms with van der Waals surface area (Å²) in [7, 11) is 0. The first-order valence-electron chi connectivity index (χ1n) is 16.7. The van der Waals surface area contributed by atoms with Gasteiger partial charge in [0, 0.05) is 74.9 Å². The highest BCUT2D eigenvalue weighted by molar-refractivity contribution is 7.99. The Morgan fingerprint density at radius 2 is 1.78 bits per heavy atom. The van der Waals surface area contributed by atoms with Crippen molar-refractivity contribution in [2.24, 2.45) is 5.73 Å². The van der Waals surface area contributed by atoms with E-state index >= 15 is 0 Å². The van der Waals surface area contributed by atoms with Gasteiger partial charge in [-0.3, -0.25) is 14.6 Å². The second kappa shape index (κ2) is 15.3. The maximum Gasteiger partial charge on any atom is 0.257 e. The zero-order valence-corrected chi connectivity index (χ0v) is 27.8. The number of pyridine rings is 1. The number of amides is 1. The van der Waals surface area contributed by atoms with Gasteiger partial charge >= 0.3 is 0 Å². The van der Waals surface area contributed by atoms with E-state index in [-0.39, 0.29) is 29.4 Å². The van der Waals surface area contributed by atoms with Gasteiger partial charge < -0.3 is 21.1 Å². The van der Waals surface area contributed by atoms with E-state index < -0.39 is 5.82 Å². The van der Waals surface area contributed by atoms with Crippen molar-refractivity contribution in [3.05, 3.63) is 77.2 Å². The number of nitrogens with zero attached hydrogens (tertiary/aromatic N) is 3. The van der Waals surface area contributed by atoms with Crippen molar-refractivity contribution in [1.29, 1.82) is 0 Å². The third-order valence-electron chi connectivity index (χ3n) is 9.24. The second-order valence-corrected chi connectivity index (χ2v) is 14.5. The van der Waals surface area contributed by atoms with Crippen molar-refractivity contribution in [3.8, 4) is 22.8 Å². The van der Waals surface area contributed by atoms with Crippen LogP contribution in [0.3, 0.4) is 0 Å². The number of hydrogen-bond acceptors (Lipinski definition) is 8. The lowest BCUT2D eigenvalue weighted by Gasteiger charge is -2.36. The largest absolute Gasteiger partial charge is 0.438 e. The van der Waals surface area contributed by atoms with Gasteiger partial charge in [0.05, 0.1) is 6.20 Å². The molecule has 1 saturated carbocycles. The van der Waals surface area contributed by atoms with E-state index in [0.717, 1.165) is 93.8 Å². The third-order valence-corrected chi connectivity index (χ3v) is 10.2. The standard InChI is InChI=1S/C36H47FN6O2S/c1-24-20-43(21-25(2)40-24)22-26-6-11-33(28(16-26)23-42-12-14-46-15-13-42)27-4-3-5-32(17-27)45-36-34(18-29(37)19-39-36)35(44)41-31-9-7-30(38)8-10-31/h3-6,11,16-19,24-25,30-31,40H,7-10,12-15,20-23,38H2,1-2H3,(H,41,44)/t24-,25?,30?,31?/m0/s1. The highest BCUT2D eigenvalue weighted by Gasteiger charge is 2.24. The number of piperazine rings is 1. The van der Waals surface area contributed by atoms with Crippen LogP contribution in [0.15, 0.2) is 54.7 Å². The summed E-state index contributed by atoms with van der Waals surface area (Å²) >= 11 is 2.02. The summed E-state index contributed by atoms with van der Waals surface area (Å²) in [6, 6.07) is 17.1. The maximum atomic E-state index is 14.3. The molecule has 1 aliphatic carbocycles. The zero-order valence-electron chi connectivity index (χ0n) is 27.0. The lowest BCUT2D eigenvalue weighted by atomic mass is 9.91. The molecule has 3 aromatic rings. The van der Waals surface area contributed by atoms with Crippen LogP contribution in [0.2, 0.25) is 0 Å². The molecule has 3 fully saturated rings. The van der Waals surface area contributed by atoms with Gasteiger partial charge in [-0.1, -0.05) is 30.3 Å². The molecule has 2 atom stereocenters. The summed E-state index contributed by atoms with van der Waals surface area (Å²) in [6.45, 7) is 10.6. The Morgan fingerprint density at radius 1 is 1.02 bits per heavy atom. The molecule has 46 heavy (non-hydrogen) atoms. The SMILES string of the molecule is CC1CN(Cc2ccc(-c3cccc(Oc4ncc(F)cc4C(=O)NC4CCC(N)CC4)c3)c(CN3CCSCC3)c2)C[C@H](C)N1. The molecule has 3 aliphatic rings. The number of hydrogen-bond donors (Lipinski definition) is 3. The number of nitrogens with one attached hydrogen (secondary N) is 2. The Bertz CT molecular complexity index is 1480. The average Bonchev–Trinajstić information content (AvgIpc) is 3.03. The quantitative estimate of drug-likeness (QED) is 0.284. The van der Waals surface area contributed by atoms with Crippen LogP contribution in [0.4, 0.5) is 4.39 Å². The molecule has 0 radical (unpaired) electrons. The lowest BCUT2D eigenvalue weighted by Crippen LogP contribution is -2.53. The topological polar surface area (TPSA) is 95.8 Å². The van der Waals surface area contributed by atoms with Crippen molar-refractivity contribution in [2.45, 2.75) is 76.8 Å². The van der Waals surface area contributed by atoms with Gasteiger partial charge in [-0.2, -0.15) is 11.8 Å². The van der Waals surface area contributed by atoms with Crippen LogP contribution in [-0.4, -0.2) is 82.5 Å². The molecule has 1 aromatic heterocycles. The fraction of sp³-hybridized carbons (Fsp3) is 0.500. The second-order valence-electron chi connectivity index (χ2n) is 13.3. The van der Waals surface area contributed by atoms with Gasteiger partial charge in [-0.15, -0.1) is 0 Å². The molecule has 246 valence electrons. The number of ether oxygens (including phenoxy) is 1. The molecule has 2 saturated heterocycles. The molecule has 6 rings (SSSR count). The molecule has 4 N–H and O–H groups in total. The number of aromatic nitrogens is 1. The number of benzene rings is 2. The van der Waals surface area contributed by atoms with Crippen molar-refractivity contribution >= 4 is 17.7 Å². The minimum Gasteiger partial charge on any atom is -0.438 e. The van der Waals surface area contributed by atoms with Crippen molar-refractivity contribution < 1.29 is 13.9 Å². The first-order valence-corrected chi connectivity index (χ1v) is 17.8. The normalized spacial score (nSPS) is 24.4. The summed E-state index contributed by atoms with van der Waals surface area (Å²) in [4.78, 5) is 22.5. The van der Waals surface area contributed by atoms with Gasteiger partial charge in [0.1, 0.15) is 17.1 Å². The third kappa shape index (κ3) is 8.66. The van der Waals surface area contributed by atoms with Gasteiger partial charge in [-0.25, -0.2) is 9.37 Å². The number of halogens is 1. The minimum atomic E-state index is -0.581. The van der Waals surface area contributed by atoms with Gasteiger partial charge in [0.15, 0.2) is 0 Å². The Hall–Kier alpha value is -3.02. The van der Waals surface area contributed by atoms with E-state index in [1.807, 2.05) is 30.0 Å². The van der Waals surface area contributed by atoms with Gasteiger partial charge in [0.25, 0.3) is 5.91 Å². The smallest absolute Gasteiger partial charge is 0.257 e. The van der Waals surface area contributed by atoms with Crippen molar-refractivity contribution in [2.75, 3.05) is 37.7 Å². The fourth-order valence-corrected chi connectivity index (χ4v) is 8.00. The van der Waals surface area contributed by atoms with E-state index in [9.17, 15) is 9.18 Å². The number of thioether (sulfide) groups is 1. The van der Waals surface area contributed by atoms with Crippen LogP contribution in [0.25, 0.3) is 11.1 Å². The molecule has 2 aliphatic heterocycles. The Morgan fingerprint density at radius 3 is 2.54 bits per heavy atom. The molecule has 0 bridgehead atoms. The van der Waals surface area contributed by atoms with Crippen LogP contribution >= 0.6 is 11.8 Å². The molecule has 1 unspecified atom stereocenters. The average molecular weight is 647 g/mol. The zero-order chi connectivity index (χ0) is 32.0. The lowest BCUT2D eigenvalue weighted by molar-refractivity contribution is 0.0922. The van der Waals surface area contributed by atoms with Crippen molar-refractivity contribution in [3.63, 3.8) is 0 Å². The number of carbonyl (C=O) groups excluding carboxylic acids is 1. The number of rotatable bonds is 9. The molecule has 0 spiro atoms. The molecule has 10 heteroatoms. The summed E-state index contributed by atoms with van der Waals surface area (Å²) in [6.07, 6.45) is 4.41. The molecule has 2 aromatic carbocycles. The molecule has 1 amide bonds. The monoisotopic (exact) mass is 646 g/mol. The highest BCUT2D eigenvalue weighted by Crippen LogP contribution is 2.32. The van der Waals surface area contributed by atoms with Gasteiger partial charge in [-0.05, 0) is 80.0 Å².